The molecule has 42 heavy (non-hydrogen) atoms. The zero-order chi connectivity index (χ0) is 29.8. The minimum Gasteiger partial charge on any atom is -0.385 e. The summed E-state index contributed by atoms with van der Waals surface area (Å²) in [6.45, 7) is 10.3. The predicted octanol–water partition coefficient (Wildman–Crippen LogP) is 7.55. The monoisotopic (exact) mass is 568 g/mol. The van der Waals surface area contributed by atoms with Crippen LogP contribution in [0.3, 0.4) is 0 Å². The number of hydrogen-bond donors (Lipinski definition) is 0. The van der Waals surface area contributed by atoms with E-state index in [4.69, 9.17) is 4.74 Å². The number of carbonyl (C=O) groups is 2. The Balaban J connectivity index is 1.59. The summed E-state index contributed by atoms with van der Waals surface area (Å²) < 4.78 is 22.2. The average molecular weight is 569 g/mol. The molecule has 220 valence electrons. The number of carbonyl (C=O) groups excluding carboxylic acids is 2. The van der Waals surface area contributed by atoms with Crippen molar-refractivity contribution in [1.82, 2.24) is 9.47 Å². The maximum atomic E-state index is 14.8. The minimum absolute atomic E-state index is 0.123. The molecule has 0 radical (unpaired) electrons. The molecule has 6 heteroatoms. The van der Waals surface area contributed by atoms with Gasteiger partial charge in [0.1, 0.15) is 5.82 Å². The van der Waals surface area contributed by atoms with Gasteiger partial charge in [0.25, 0.3) is 0 Å². The van der Waals surface area contributed by atoms with Crippen molar-refractivity contribution >= 4 is 22.5 Å². The summed E-state index contributed by atoms with van der Waals surface area (Å²) in [6, 6.07) is 14.9. The molecule has 2 aliphatic carbocycles. The molecule has 0 atom stereocenters. The van der Waals surface area contributed by atoms with Crippen LogP contribution in [-0.2, 0) is 20.9 Å². The Kier molecular flexibility index (Phi) is 7.25. The molecule has 1 aliphatic heterocycles. The number of para-hydroxylation sites is 1. The standard InChI is InChI=1S/C36H41FN2O3/c1-35(2)17-28-33(30(40)19-35)32(34-29(39(28)15-10-16-42-5)18-36(3,4)20-31(34)41)25-22-38(27-14-9-7-12-24(25)27)21-23-11-6-8-13-26(23)37/h6-9,11-14,22,32H,10,15-21H2,1-5H3. The third-order valence-corrected chi connectivity index (χ3v) is 9.18. The van der Waals surface area contributed by atoms with Gasteiger partial charge in [-0.2, -0.15) is 0 Å². The van der Waals surface area contributed by atoms with E-state index in [0.29, 0.717) is 38.1 Å². The van der Waals surface area contributed by atoms with Crippen LogP contribution < -0.4 is 0 Å². The fraction of sp³-hybridized carbons (Fsp3) is 0.444. The van der Waals surface area contributed by atoms with Crippen LogP contribution in [-0.4, -0.2) is 41.3 Å². The topological polar surface area (TPSA) is 51.5 Å². The number of fused-ring (bicyclic) bond motifs is 1. The molecule has 0 amide bonds. The first-order valence-electron chi connectivity index (χ1n) is 15.1. The number of Topliss-reactive ketones (excluding diaryl/α,β-unsaturated/α-hetero) is 2. The molecule has 3 aliphatic rings. The lowest BCUT2D eigenvalue weighted by Gasteiger charge is -2.49. The van der Waals surface area contributed by atoms with Gasteiger partial charge in [0, 0.05) is 84.2 Å². The number of rotatable bonds is 7. The van der Waals surface area contributed by atoms with Crippen LogP contribution in [0, 0.1) is 16.6 Å². The molecular weight excluding hydrogens is 527 g/mol. The highest BCUT2D eigenvalue weighted by atomic mass is 19.1. The van der Waals surface area contributed by atoms with Crippen molar-refractivity contribution in [3.63, 3.8) is 0 Å². The number of halogens is 1. The SMILES string of the molecule is COCCCN1C2=C(C(=O)CC(C)(C)C2)C(c2cn(Cc3ccccc3F)c3ccccc23)C2=C1CC(C)(C)CC2=O. The van der Waals surface area contributed by atoms with Gasteiger partial charge in [-0.1, -0.05) is 64.1 Å². The van der Waals surface area contributed by atoms with Gasteiger partial charge in [-0.05, 0) is 47.8 Å². The smallest absolute Gasteiger partial charge is 0.162 e. The number of methoxy groups -OCH3 is 1. The van der Waals surface area contributed by atoms with E-state index in [9.17, 15) is 14.0 Å². The third-order valence-electron chi connectivity index (χ3n) is 9.18. The number of nitrogens with zero attached hydrogens (tertiary/aromatic N) is 2. The van der Waals surface area contributed by atoms with Crippen molar-refractivity contribution in [2.75, 3.05) is 20.3 Å². The predicted molar refractivity (Wildman–Crippen MR) is 163 cm³/mol. The zero-order valence-electron chi connectivity index (χ0n) is 25.4. The van der Waals surface area contributed by atoms with E-state index in [1.54, 1.807) is 13.2 Å². The van der Waals surface area contributed by atoms with E-state index in [-0.39, 0.29) is 28.2 Å². The third kappa shape index (κ3) is 5.04. The highest BCUT2D eigenvalue weighted by Crippen LogP contribution is 2.55. The molecule has 0 N–H and O–H groups in total. The van der Waals surface area contributed by atoms with Gasteiger partial charge in [-0.25, -0.2) is 4.39 Å². The highest BCUT2D eigenvalue weighted by molar-refractivity contribution is 6.08. The Morgan fingerprint density at radius 2 is 1.45 bits per heavy atom. The summed E-state index contributed by atoms with van der Waals surface area (Å²) in [7, 11) is 1.71. The van der Waals surface area contributed by atoms with E-state index in [1.165, 1.54) is 6.07 Å². The summed E-state index contributed by atoms with van der Waals surface area (Å²) in [5.74, 6) is -0.436. The maximum Gasteiger partial charge on any atom is 0.162 e. The van der Waals surface area contributed by atoms with Gasteiger partial charge in [-0.3, -0.25) is 9.59 Å². The molecule has 1 aromatic heterocycles. The van der Waals surface area contributed by atoms with Crippen LogP contribution in [0.4, 0.5) is 4.39 Å². The second-order valence-electron chi connectivity index (χ2n) is 13.9. The van der Waals surface area contributed by atoms with Crippen LogP contribution in [0.25, 0.3) is 10.9 Å². The molecule has 2 heterocycles. The lowest BCUT2D eigenvalue weighted by atomic mass is 9.63. The van der Waals surface area contributed by atoms with Crippen molar-refractivity contribution in [3.05, 3.63) is 94.2 Å². The van der Waals surface area contributed by atoms with Gasteiger partial charge in [-0.15, -0.1) is 0 Å². The van der Waals surface area contributed by atoms with Crippen LogP contribution in [0.2, 0.25) is 0 Å². The Bertz CT molecular complexity index is 1590. The molecule has 0 fully saturated rings. The molecular formula is C36H41FN2O3. The highest BCUT2D eigenvalue weighted by Gasteiger charge is 2.49. The van der Waals surface area contributed by atoms with Gasteiger partial charge in [0.15, 0.2) is 11.6 Å². The number of aromatic nitrogens is 1. The van der Waals surface area contributed by atoms with Crippen molar-refractivity contribution in [2.45, 2.75) is 72.3 Å². The first-order valence-corrected chi connectivity index (χ1v) is 15.1. The van der Waals surface area contributed by atoms with E-state index in [2.05, 4.69) is 49.4 Å². The first-order chi connectivity index (χ1) is 20.0. The van der Waals surface area contributed by atoms with Crippen LogP contribution in [0.5, 0.6) is 0 Å². The number of benzene rings is 2. The molecule has 2 aromatic carbocycles. The molecule has 0 bridgehead atoms. The average Bonchev–Trinajstić information content (AvgIpc) is 3.27. The molecule has 0 unspecified atom stereocenters. The quantitative estimate of drug-likeness (QED) is 0.276. The van der Waals surface area contributed by atoms with Crippen LogP contribution >= 0.6 is 0 Å². The van der Waals surface area contributed by atoms with Crippen molar-refractivity contribution < 1.29 is 18.7 Å². The zero-order valence-corrected chi connectivity index (χ0v) is 25.4. The molecule has 6 rings (SSSR count). The van der Waals surface area contributed by atoms with Gasteiger partial charge >= 0.3 is 0 Å². The molecule has 0 saturated carbocycles. The van der Waals surface area contributed by atoms with Gasteiger partial charge in [0.2, 0.25) is 0 Å². The van der Waals surface area contributed by atoms with E-state index < -0.39 is 5.92 Å². The summed E-state index contributed by atoms with van der Waals surface area (Å²) in [5, 5.41) is 1.00. The number of ketones is 2. The molecule has 5 nitrogen and oxygen atoms in total. The summed E-state index contributed by atoms with van der Waals surface area (Å²) in [6.07, 6.45) is 5.32. The Morgan fingerprint density at radius 1 is 0.857 bits per heavy atom. The number of hydrogen-bond acceptors (Lipinski definition) is 4. The van der Waals surface area contributed by atoms with E-state index in [0.717, 1.165) is 58.3 Å². The second kappa shape index (κ2) is 10.6. The lowest BCUT2D eigenvalue weighted by molar-refractivity contribution is -0.119. The van der Waals surface area contributed by atoms with E-state index >= 15 is 0 Å². The maximum absolute atomic E-state index is 14.8. The summed E-state index contributed by atoms with van der Waals surface area (Å²) >= 11 is 0. The van der Waals surface area contributed by atoms with Gasteiger partial charge in [0.05, 0.1) is 6.54 Å². The normalized spacial score (nSPS) is 20.4. The van der Waals surface area contributed by atoms with Crippen molar-refractivity contribution in [2.24, 2.45) is 10.8 Å². The Hall–Kier alpha value is -3.51. The second-order valence-corrected chi connectivity index (χ2v) is 13.9. The number of ether oxygens (including phenoxy) is 1. The summed E-state index contributed by atoms with van der Waals surface area (Å²) in [5.41, 5.74) is 5.84. The summed E-state index contributed by atoms with van der Waals surface area (Å²) in [4.78, 5) is 30.7. The minimum atomic E-state index is -0.437. The largest absolute Gasteiger partial charge is 0.385 e. The first kappa shape index (κ1) is 28.6. The fourth-order valence-electron chi connectivity index (χ4n) is 7.44. The van der Waals surface area contributed by atoms with Crippen molar-refractivity contribution in [1.29, 1.82) is 0 Å². The lowest BCUT2D eigenvalue weighted by Crippen LogP contribution is -2.44. The van der Waals surface area contributed by atoms with Crippen molar-refractivity contribution in [3.8, 4) is 0 Å². The Labute approximate surface area is 248 Å². The van der Waals surface area contributed by atoms with E-state index in [1.807, 2.05) is 30.3 Å². The fourth-order valence-corrected chi connectivity index (χ4v) is 7.44. The van der Waals surface area contributed by atoms with Crippen LogP contribution in [0.1, 0.15) is 76.8 Å². The van der Waals surface area contributed by atoms with Gasteiger partial charge < -0.3 is 14.2 Å². The Morgan fingerprint density at radius 3 is 2.07 bits per heavy atom. The molecule has 0 saturated heterocycles. The molecule has 0 spiro atoms. The number of allylic oxidation sites excluding steroid dienone is 4. The molecule has 3 aromatic rings. The van der Waals surface area contributed by atoms with Crippen LogP contribution in [0.15, 0.2) is 77.3 Å².